The molecule has 0 nitrogen and oxygen atoms in total. The zero-order valence-electron chi connectivity index (χ0n) is 11.7. The highest BCUT2D eigenvalue weighted by Gasteiger charge is 2.49. The molecule has 0 heterocycles. The Kier molecular flexibility index (Phi) is 3.47. The van der Waals surface area contributed by atoms with Crippen molar-refractivity contribution in [2.45, 2.75) is 60.3 Å². The van der Waals surface area contributed by atoms with Gasteiger partial charge in [0.05, 0.1) is 0 Å². The van der Waals surface area contributed by atoms with Gasteiger partial charge >= 0.3 is 0 Å². The highest BCUT2D eigenvalue weighted by Crippen LogP contribution is 2.59. The Morgan fingerprint density at radius 2 is 1.94 bits per heavy atom. The van der Waals surface area contributed by atoms with Crippen LogP contribution in [0.1, 0.15) is 60.3 Å². The summed E-state index contributed by atoms with van der Waals surface area (Å²) in [6.45, 7) is 12.0. The van der Waals surface area contributed by atoms with Crippen molar-refractivity contribution in [2.24, 2.45) is 29.6 Å². The van der Waals surface area contributed by atoms with Gasteiger partial charge in [0.1, 0.15) is 0 Å². The molecule has 5 atom stereocenters. The molecular weight excluding hydrogens is 192 g/mol. The summed E-state index contributed by atoms with van der Waals surface area (Å²) >= 11 is 0. The van der Waals surface area contributed by atoms with E-state index in [9.17, 15) is 0 Å². The fraction of sp³-hybridized carbons (Fsp3) is 0.875. The second-order valence-corrected chi connectivity index (χ2v) is 6.27. The zero-order chi connectivity index (χ0) is 11.9. The number of rotatable bonds is 5. The van der Waals surface area contributed by atoms with Crippen LogP contribution in [-0.2, 0) is 0 Å². The molecule has 5 unspecified atom stereocenters. The van der Waals surface area contributed by atoms with E-state index in [-0.39, 0.29) is 0 Å². The molecule has 92 valence electrons. The molecule has 0 saturated heterocycles. The van der Waals surface area contributed by atoms with Crippen molar-refractivity contribution < 1.29 is 0 Å². The molecule has 16 heavy (non-hydrogen) atoms. The Labute approximate surface area is 102 Å². The largest absolute Gasteiger partial charge is 0.0679 e. The molecule has 0 N–H and O–H groups in total. The average molecular weight is 220 g/mol. The fourth-order valence-electron chi connectivity index (χ4n) is 3.41. The van der Waals surface area contributed by atoms with Gasteiger partial charge < -0.3 is 0 Å². The highest BCUT2D eigenvalue weighted by molar-refractivity contribution is 5.34. The van der Waals surface area contributed by atoms with Gasteiger partial charge in [0, 0.05) is 0 Å². The molecule has 2 rings (SSSR count). The molecule has 2 aliphatic carbocycles. The van der Waals surface area contributed by atoms with Gasteiger partial charge in [-0.2, -0.15) is 0 Å². The van der Waals surface area contributed by atoms with E-state index >= 15 is 0 Å². The van der Waals surface area contributed by atoms with E-state index < -0.39 is 0 Å². The van der Waals surface area contributed by atoms with Crippen LogP contribution in [0.2, 0.25) is 0 Å². The predicted octanol–water partition coefficient (Wildman–Crippen LogP) is 5.05. The Morgan fingerprint density at radius 3 is 2.38 bits per heavy atom. The van der Waals surface area contributed by atoms with Gasteiger partial charge in [-0.25, -0.2) is 0 Å². The molecule has 2 fully saturated rings. The quantitative estimate of drug-likeness (QED) is 0.569. The lowest BCUT2D eigenvalue weighted by molar-refractivity contribution is 0.418. The van der Waals surface area contributed by atoms with Crippen molar-refractivity contribution in [1.82, 2.24) is 0 Å². The standard InChI is InChI=1S/C16H28/c1-6-10(3)12(5)13(7-2)15-9-16(15)14-8-11(14)4/h10-12,14,16H,6-9H2,1-5H3. The van der Waals surface area contributed by atoms with Crippen LogP contribution in [-0.4, -0.2) is 0 Å². The summed E-state index contributed by atoms with van der Waals surface area (Å²) in [5, 5.41) is 0. The maximum Gasteiger partial charge on any atom is -0.0132 e. The predicted molar refractivity (Wildman–Crippen MR) is 71.3 cm³/mol. The molecule has 2 aliphatic rings. The minimum absolute atomic E-state index is 0.823. The summed E-state index contributed by atoms with van der Waals surface area (Å²) in [7, 11) is 0. The minimum atomic E-state index is 0.823. The molecule has 0 bridgehead atoms. The normalized spacial score (nSPS) is 39.2. The molecule has 0 heteroatoms. The second kappa shape index (κ2) is 4.55. The molecule has 2 saturated carbocycles. The van der Waals surface area contributed by atoms with Gasteiger partial charge in [0.15, 0.2) is 0 Å². The van der Waals surface area contributed by atoms with Crippen LogP contribution in [0.5, 0.6) is 0 Å². The van der Waals surface area contributed by atoms with Crippen LogP contribution in [0.25, 0.3) is 0 Å². The van der Waals surface area contributed by atoms with Gasteiger partial charge in [-0.05, 0) is 48.9 Å². The van der Waals surface area contributed by atoms with Crippen LogP contribution in [0.3, 0.4) is 0 Å². The molecule has 0 aromatic rings. The first kappa shape index (κ1) is 12.2. The average Bonchev–Trinajstić information content (AvgIpc) is 3.15. The van der Waals surface area contributed by atoms with E-state index in [2.05, 4.69) is 34.6 Å². The lowest BCUT2D eigenvalue weighted by atomic mass is 9.84. The number of hydrogen-bond donors (Lipinski definition) is 0. The first-order chi connectivity index (χ1) is 7.60. The van der Waals surface area contributed by atoms with Crippen molar-refractivity contribution in [3.8, 4) is 0 Å². The molecule has 0 radical (unpaired) electrons. The first-order valence-corrected chi connectivity index (χ1v) is 7.31. The van der Waals surface area contributed by atoms with E-state index in [1.807, 2.05) is 11.1 Å². The van der Waals surface area contributed by atoms with E-state index in [0.29, 0.717) is 0 Å². The fourth-order valence-corrected chi connectivity index (χ4v) is 3.41. The van der Waals surface area contributed by atoms with Crippen molar-refractivity contribution in [3.05, 3.63) is 11.1 Å². The van der Waals surface area contributed by atoms with E-state index in [1.54, 1.807) is 0 Å². The van der Waals surface area contributed by atoms with Crippen molar-refractivity contribution >= 4 is 0 Å². The van der Waals surface area contributed by atoms with Gasteiger partial charge in [0.25, 0.3) is 0 Å². The third-order valence-electron chi connectivity index (χ3n) is 5.26. The molecule has 0 amide bonds. The summed E-state index contributed by atoms with van der Waals surface area (Å²) < 4.78 is 0. The van der Waals surface area contributed by atoms with E-state index in [0.717, 1.165) is 29.6 Å². The molecule has 0 spiro atoms. The van der Waals surface area contributed by atoms with Gasteiger partial charge in [-0.3, -0.25) is 0 Å². The Hall–Kier alpha value is -0.260. The van der Waals surface area contributed by atoms with Crippen LogP contribution in [0.15, 0.2) is 11.1 Å². The zero-order valence-corrected chi connectivity index (χ0v) is 11.7. The number of hydrogen-bond acceptors (Lipinski definition) is 0. The van der Waals surface area contributed by atoms with Crippen molar-refractivity contribution in [1.29, 1.82) is 0 Å². The summed E-state index contributed by atoms with van der Waals surface area (Å²) in [5.74, 6) is 4.79. The summed E-state index contributed by atoms with van der Waals surface area (Å²) in [6.07, 6.45) is 5.56. The lowest BCUT2D eigenvalue weighted by Gasteiger charge is -2.21. The van der Waals surface area contributed by atoms with Crippen molar-refractivity contribution in [3.63, 3.8) is 0 Å². The third kappa shape index (κ3) is 2.21. The third-order valence-corrected chi connectivity index (χ3v) is 5.26. The first-order valence-electron chi connectivity index (χ1n) is 7.31. The topological polar surface area (TPSA) is 0 Å². The summed E-state index contributed by atoms with van der Waals surface area (Å²) in [4.78, 5) is 0. The van der Waals surface area contributed by atoms with Crippen LogP contribution in [0.4, 0.5) is 0 Å². The highest BCUT2D eigenvalue weighted by atomic mass is 14.5. The van der Waals surface area contributed by atoms with Gasteiger partial charge in [-0.15, -0.1) is 0 Å². The van der Waals surface area contributed by atoms with Gasteiger partial charge in [0.2, 0.25) is 0 Å². The molecule has 0 aliphatic heterocycles. The second-order valence-electron chi connectivity index (χ2n) is 6.27. The summed E-state index contributed by atoms with van der Waals surface area (Å²) in [5.41, 5.74) is 3.68. The minimum Gasteiger partial charge on any atom is -0.0679 e. The maximum atomic E-state index is 2.45. The van der Waals surface area contributed by atoms with Crippen LogP contribution >= 0.6 is 0 Å². The van der Waals surface area contributed by atoms with E-state index in [1.165, 1.54) is 25.7 Å². The molecule has 0 aromatic heterocycles. The van der Waals surface area contributed by atoms with Crippen LogP contribution < -0.4 is 0 Å². The maximum absolute atomic E-state index is 2.45. The lowest BCUT2D eigenvalue weighted by Crippen LogP contribution is -2.10. The van der Waals surface area contributed by atoms with E-state index in [4.69, 9.17) is 0 Å². The van der Waals surface area contributed by atoms with Crippen LogP contribution in [0, 0.1) is 29.6 Å². The number of allylic oxidation sites excluding steroid dienone is 2. The molecule has 0 aromatic carbocycles. The Balaban J connectivity index is 2.03. The van der Waals surface area contributed by atoms with Crippen molar-refractivity contribution in [2.75, 3.05) is 0 Å². The Bertz CT molecular complexity index is 286. The molecular formula is C16H28. The monoisotopic (exact) mass is 220 g/mol. The smallest absolute Gasteiger partial charge is 0.0132 e. The SMILES string of the molecule is CCC(=C1CC1C1CC1C)C(C)C(C)CC. The van der Waals surface area contributed by atoms with Gasteiger partial charge in [-0.1, -0.05) is 52.2 Å². The Morgan fingerprint density at radius 1 is 1.31 bits per heavy atom. The summed E-state index contributed by atoms with van der Waals surface area (Å²) in [6, 6.07) is 0.